The number of hydrogen-bond acceptors (Lipinski definition) is 2. The summed E-state index contributed by atoms with van der Waals surface area (Å²) < 4.78 is 37.5. The van der Waals surface area contributed by atoms with Gasteiger partial charge in [-0.3, -0.25) is 0 Å². The Bertz CT molecular complexity index is 431. The second kappa shape index (κ2) is 5.41. The summed E-state index contributed by atoms with van der Waals surface area (Å²) in [5, 5.41) is 0. The van der Waals surface area contributed by atoms with Crippen LogP contribution < -0.4 is 0 Å². The number of benzene rings is 1. The van der Waals surface area contributed by atoms with Crippen molar-refractivity contribution in [2.24, 2.45) is 0 Å². The van der Waals surface area contributed by atoms with E-state index in [1.54, 1.807) is 0 Å². The largest absolute Gasteiger partial charge is 0.348 e. The molecule has 0 unspecified atom stereocenters. The van der Waals surface area contributed by atoms with Crippen molar-refractivity contribution in [2.45, 2.75) is 49.7 Å². The van der Waals surface area contributed by atoms with Gasteiger partial charge in [0.05, 0.1) is 13.2 Å². The van der Waals surface area contributed by atoms with Crippen LogP contribution >= 0.6 is 0 Å². The second-order valence-corrected chi connectivity index (χ2v) is 5.85. The van der Waals surface area contributed by atoms with Gasteiger partial charge in [-0.25, -0.2) is 8.78 Å². The Kier molecular flexibility index (Phi) is 3.78. The number of halogens is 2. The van der Waals surface area contributed by atoms with Crippen LogP contribution in [0, 0.1) is 0 Å². The molecule has 1 saturated carbocycles. The van der Waals surface area contributed by atoms with Crippen LogP contribution in [-0.4, -0.2) is 25.4 Å². The summed E-state index contributed by atoms with van der Waals surface area (Å²) >= 11 is 0. The molecule has 0 atom stereocenters. The Hall–Kier alpha value is -1.00. The van der Waals surface area contributed by atoms with E-state index in [-0.39, 0.29) is 6.42 Å². The first-order valence-electron chi connectivity index (χ1n) is 7.26. The third kappa shape index (κ3) is 2.59. The minimum absolute atomic E-state index is 0.0763. The molecule has 2 aliphatic rings. The monoisotopic (exact) mass is 282 g/mol. The number of ether oxygens (including phenoxy) is 2. The number of hydrogen-bond donors (Lipinski definition) is 0. The fraction of sp³-hybridized carbons (Fsp3) is 0.625. The van der Waals surface area contributed by atoms with Crippen LogP contribution in [-0.2, 0) is 14.9 Å². The maximum Gasteiger partial charge on any atom is 0.239 e. The highest BCUT2D eigenvalue weighted by molar-refractivity contribution is 5.26. The quantitative estimate of drug-likeness (QED) is 0.837. The van der Waals surface area contributed by atoms with Gasteiger partial charge >= 0.3 is 0 Å². The molecule has 1 aliphatic carbocycles. The smallest absolute Gasteiger partial charge is 0.239 e. The zero-order valence-electron chi connectivity index (χ0n) is 11.5. The van der Waals surface area contributed by atoms with Crippen LogP contribution in [0.4, 0.5) is 8.78 Å². The van der Waals surface area contributed by atoms with Crippen LogP contribution in [0.2, 0.25) is 0 Å². The third-order valence-corrected chi connectivity index (χ3v) is 4.71. The van der Waals surface area contributed by atoms with Crippen molar-refractivity contribution in [3.05, 3.63) is 35.9 Å². The van der Waals surface area contributed by atoms with Crippen LogP contribution in [0.15, 0.2) is 30.3 Å². The Morgan fingerprint density at radius 1 is 0.950 bits per heavy atom. The van der Waals surface area contributed by atoms with Crippen LogP contribution in [0.25, 0.3) is 0 Å². The average molecular weight is 282 g/mol. The molecule has 0 amide bonds. The van der Waals surface area contributed by atoms with Gasteiger partial charge in [0.2, 0.25) is 6.43 Å². The van der Waals surface area contributed by atoms with Gasteiger partial charge in [-0.2, -0.15) is 0 Å². The van der Waals surface area contributed by atoms with E-state index in [2.05, 4.69) is 0 Å². The molecule has 0 N–H and O–H groups in total. The van der Waals surface area contributed by atoms with Crippen molar-refractivity contribution >= 4 is 0 Å². The summed E-state index contributed by atoms with van der Waals surface area (Å²) in [6.07, 6.45) is 0.439. The third-order valence-electron chi connectivity index (χ3n) is 4.71. The van der Waals surface area contributed by atoms with E-state index in [1.165, 1.54) is 0 Å². The molecule has 1 aromatic carbocycles. The Morgan fingerprint density at radius 2 is 1.55 bits per heavy atom. The van der Waals surface area contributed by atoms with Crippen molar-refractivity contribution in [1.29, 1.82) is 0 Å². The van der Waals surface area contributed by atoms with Gasteiger partial charge in [-0.05, 0) is 18.4 Å². The second-order valence-electron chi connectivity index (χ2n) is 5.85. The molecule has 0 bridgehead atoms. The molecule has 110 valence electrons. The lowest BCUT2D eigenvalue weighted by Crippen LogP contribution is -2.43. The fourth-order valence-electron chi connectivity index (χ4n) is 3.59. The zero-order valence-corrected chi connectivity index (χ0v) is 11.5. The van der Waals surface area contributed by atoms with Gasteiger partial charge in [0.25, 0.3) is 0 Å². The molecule has 1 aromatic rings. The fourth-order valence-corrected chi connectivity index (χ4v) is 3.59. The zero-order chi connectivity index (χ0) is 14.1. The highest BCUT2D eigenvalue weighted by atomic mass is 19.3. The standard InChI is InChI=1S/C16H20F2O2/c17-14(18)12-15(13-4-2-1-3-5-13)6-8-16(9-7-15)19-10-11-20-16/h1-5,14H,6-12H2. The Morgan fingerprint density at radius 3 is 2.10 bits per heavy atom. The molecular formula is C16H20F2O2. The Balaban J connectivity index is 1.82. The highest BCUT2D eigenvalue weighted by Crippen LogP contribution is 2.49. The average Bonchev–Trinajstić information content (AvgIpc) is 2.91. The lowest BCUT2D eigenvalue weighted by Gasteiger charge is -2.44. The maximum atomic E-state index is 13.1. The van der Waals surface area contributed by atoms with E-state index in [0.29, 0.717) is 38.9 Å². The van der Waals surface area contributed by atoms with Crippen molar-refractivity contribution in [3.8, 4) is 0 Å². The molecule has 0 aromatic heterocycles. The highest BCUT2D eigenvalue weighted by Gasteiger charge is 2.47. The minimum atomic E-state index is -2.28. The molecule has 1 aliphatic heterocycles. The molecular weight excluding hydrogens is 262 g/mol. The minimum Gasteiger partial charge on any atom is -0.348 e. The summed E-state index contributed by atoms with van der Waals surface area (Å²) in [6, 6.07) is 9.71. The SMILES string of the molecule is FC(F)CC1(c2ccccc2)CCC2(CC1)OCCO2. The maximum absolute atomic E-state index is 13.1. The Labute approximate surface area is 118 Å². The van der Waals surface area contributed by atoms with E-state index in [4.69, 9.17) is 9.47 Å². The van der Waals surface area contributed by atoms with E-state index >= 15 is 0 Å². The van der Waals surface area contributed by atoms with Gasteiger partial charge in [-0.15, -0.1) is 0 Å². The van der Waals surface area contributed by atoms with E-state index in [0.717, 1.165) is 5.56 Å². The molecule has 2 nitrogen and oxygen atoms in total. The molecule has 0 radical (unpaired) electrons. The van der Waals surface area contributed by atoms with E-state index in [1.807, 2.05) is 30.3 Å². The van der Waals surface area contributed by atoms with E-state index in [9.17, 15) is 8.78 Å². The summed E-state index contributed by atoms with van der Waals surface area (Å²) in [6.45, 7) is 1.24. The normalized spacial score (nSPS) is 24.4. The summed E-state index contributed by atoms with van der Waals surface area (Å²) in [5.41, 5.74) is 0.587. The van der Waals surface area contributed by atoms with Gasteiger partial charge < -0.3 is 9.47 Å². The predicted molar refractivity (Wildman–Crippen MR) is 71.8 cm³/mol. The molecule has 1 heterocycles. The predicted octanol–water partition coefficient (Wildman–Crippen LogP) is 3.90. The summed E-state index contributed by atoms with van der Waals surface area (Å²) in [7, 11) is 0. The lowest BCUT2D eigenvalue weighted by molar-refractivity contribution is -0.187. The topological polar surface area (TPSA) is 18.5 Å². The number of rotatable bonds is 3. The van der Waals surface area contributed by atoms with Crippen LogP contribution in [0.5, 0.6) is 0 Å². The number of alkyl halides is 2. The summed E-state index contributed by atoms with van der Waals surface area (Å²) in [5.74, 6) is -0.500. The first kappa shape index (κ1) is 14.0. The molecule has 1 saturated heterocycles. The lowest BCUT2D eigenvalue weighted by atomic mass is 9.66. The van der Waals surface area contributed by atoms with Gasteiger partial charge in [-0.1, -0.05) is 30.3 Å². The van der Waals surface area contributed by atoms with Crippen LogP contribution in [0.3, 0.4) is 0 Å². The first-order chi connectivity index (χ1) is 9.64. The van der Waals surface area contributed by atoms with Crippen molar-refractivity contribution < 1.29 is 18.3 Å². The van der Waals surface area contributed by atoms with Gasteiger partial charge in [0, 0.05) is 24.7 Å². The summed E-state index contributed by atoms with van der Waals surface area (Å²) in [4.78, 5) is 0. The van der Waals surface area contributed by atoms with Crippen LogP contribution in [0.1, 0.15) is 37.7 Å². The van der Waals surface area contributed by atoms with Gasteiger partial charge in [0.15, 0.2) is 5.79 Å². The molecule has 20 heavy (non-hydrogen) atoms. The van der Waals surface area contributed by atoms with Gasteiger partial charge in [0.1, 0.15) is 0 Å². The van der Waals surface area contributed by atoms with Crippen molar-refractivity contribution in [2.75, 3.05) is 13.2 Å². The molecule has 2 fully saturated rings. The van der Waals surface area contributed by atoms with Crippen molar-refractivity contribution in [1.82, 2.24) is 0 Å². The van der Waals surface area contributed by atoms with Crippen molar-refractivity contribution in [3.63, 3.8) is 0 Å². The molecule has 3 rings (SSSR count). The first-order valence-corrected chi connectivity index (χ1v) is 7.26. The molecule has 1 spiro atoms. The molecule has 4 heteroatoms. The van der Waals surface area contributed by atoms with E-state index < -0.39 is 17.6 Å².